The summed E-state index contributed by atoms with van der Waals surface area (Å²) in [4.78, 5) is 17.9. The summed E-state index contributed by atoms with van der Waals surface area (Å²) in [6.07, 6.45) is 0.518. The molecule has 0 amide bonds. The zero-order valence-electron chi connectivity index (χ0n) is 6.14. The molecule has 6 heteroatoms. The van der Waals surface area contributed by atoms with Crippen LogP contribution >= 0.6 is 23.2 Å². The lowest BCUT2D eigenvalue weighted by molar-refractivity contribution is 0.112. The van der Waals surface area contributed by atoms with Crippen molar-refractivity contribution in [3.05, 3.63) is 15.9 Å². The molecule has 12 heavy (non-hydrogen) atoms. The molecule has 0 spiro atoms. The summed E-state index contributed by atoms with van der Waals surface area (Å²) in [5.41, 5.74) is 0.109. The molecule has 0 aromatic carbocycles. The molecule has 0 aliphatic heterocycles. The van der Waals surface area contributed by atoms with Crippen LogP contribution in [0, 0.1) is 0 Å². The van der Waals surface area contributed by atoms with Gasteiger partial charge in [-0.2, -0.15) is 0 Å². The Bertz CT molecular complexity index is 293. The predicted octanol–water partition coefficient (Wildman–Crippen LogP) is 1.64. The molecule has 1 aromatic heterocycles. The number of hydrogen-bond donors (Lipinski definition) is 1. The summed E-state index contributed by atoms with van der Waals surface area (Å²) in [6.45, 7) is 0. The van der Waals surface area contributed by atoms with Gasteiger partial charge in [-0.25, -0.2) is 9.97 Å². The van der Waals surface area contributed by atoms with Gasteiger partial charge in [0.15, 0.2) is 6.29 Å². The van der Waals surface area contributed by atoms with Crippen molar-refractivity contribution in [2.24, 2.45) is 0 Å². The van der Waals surface area contributed by atoms with Crippen molar-refractivity contribution in [2.45, 2.75) is 0 Å². The van der Waals surface area contributed by atoms with Gasteiger partial charge < -0.3 is 5.32 Å². The molecule has 0 radical (unpaired) electrons. The molecular weight excluding hydrogens is 201 g/mol. The van der Waals surface area contributed by atoms with Crippen LogP contribution in [0.25, 0.3) is 0 Å². The lowest BCUT2D eigenvalue weighted by Gasteiger charge is -2.01. The number of anilines is 1. The molecule has 1 N–H and O–H groups in total. The van der Waals surface area contributed by atoms with Gasteiger partial charge in [0, 0.05) is 7.05 Å². The summed E-state index contributed by atoms with van der Waals surface area (Å²) in [5.74, 6) is 0.288. The maximum absolute atomic E-state index is 10.4. The monoisotopic (exact) mass is 205 g/mol. The van der Waals surface area contributed by atoms with E-state index in [0.29, 0.717) is 6.29 Å². The Kier molecular flexibility index (Phi) is 2.83. The smallest absolute Gasteiger partial charge is 0.225 e. The number of hydrogen-bond acceptors (Lipinski definition) is 4. The van der Waals surface area contributed by atoms with Crippen molar-refractivity contribution in [1.29, 1.82) is 0 Å². The summed E-state index contributed by atoms with van der Waals surface area (Å²) in [6, 6.07) is 0. The Labute approximate surface area is 78.9 Å². The quantitative estimate of drug-likeness (QED) is 0.590. The van der Waals surface area contributed by atoms with Gasteiger partial charge in [0.25, 0.3) is 0 Å². The molecule has 0 aliphatic carbocycles. The highest BCUT2D eigenvalue weighted by Gasteiger charge is 2.09. The summed E-state index contributed by atoms with van der Waals surface area (Å²) in [5, 5.41) is 2.75. The highest BCUT2D eigenvalue weighted by Crippen LogP contribution is 2.20. The second kappa shape index (κ2) is 3.69. The van der Waals surface area contributed by atoms with Gasteiger partial charge in [-0.15, -0.1) is 0 Å². The molecular formula is C6H5Cl2N3O. The van der Waals surface area contributed by atoms with Crippen LogP contribution in [0.2, 0.25) is 10.3 Å². The highest BCUT2D eigenvalue weighted by atomic mass is 35.5. The predicted molar refractivity (Wildman–Crippen MR) is 47.0 cm³/mol. The fourth-order valence-electron chi connectivity index (χ4n) is 0.626. The molecule has 0 aliphatic rings. The Balaban J connectivity index is 3.27. The van der Waals surface area contributed by atoms with Gasteiger partial charge in [-0.05, 0) is 0 Å². The van der Waals surface area contributed by atoms with E-state index in [0.717, 1.165) is 0 Å². The second-order valence-electron chi connectivity index (χ2n) is 1.91. The average molecular weight is 206 g/mol. The van der Waals surface area contributed by atoms with E-state index < -0.39 is 0 Å². The van der Waals surface area contributed by atoms with Gasteiger partial charge in [-0.1, -0.05) is 23.2 Å². The van der Waals surface area contributed by atoms with E-state index in [4.69, 9.17) is 23.2 Å². The van der Waals surface area contributed by atoms with Crippen molar-refractivity contribution in [1.82, 2.24) is 9.97 Å². The molecule has 1 heterocycles. The summed E-state index contributed by atoms with van der Waals surface area (Å²) < 4.78 is 0. The molecule has 1 rings (SSSR count). The first-order valence-corrected chi connectivity index (χ1v) is 3.80. The van der Waals surface area contributed by atoms with E-state index in [1.165, 1.54) is 0 Å². The van der Waals surface area contributed by atoms with Gasteiger partial charge in [0.2, 0.25) is 5.95 Å². The van der Waals surface area contributed by atoms with Crippen molar-refractivity contribution in [3.63, 3.8) is 0 Å². The lowest BCUT2D eigenvalue weighted by Crippen LogP contribution is -1.99. The van der Waals surface area contributed by atoms with Crippen LogP contribution in [0.15, 0.2) is 0 Å². The van der Waals surface area contributed by atoms with Crippen LogP contribution in [0.5, 0.6) is 0 Å². The molecule has 0 atom stereocenters. The normalized spacial score (nSPS) is 9.58. The summed E-state index contributed by atoms with van der Waals surface area (Å²) >= 11 is 11.2. The molecule has 0 saturated heterocycles. The average Bonchev–Trinajstić information content (AvgIpc) is 2.03. The van der Waals surface area contributed by atoms with Crippen LogP contribution in [-0.2, 0) is 0 Å². The fourth-order valence-corrected chi connectivity index (χ4v) is 1.10. The Morgan fingerprint density at radius 3 is 2.17 bits per heavy atom. The SMILES string of the molecule is CNc1nc(Cl)c(C=O)c(Cl)n1. The Hall–Kier alpha value is -0.870. The van der Waals surface area contributed by atoms with E-state index in [1.807, 2.05) is 0 Å². The first-order valence-electron chi connectivity index (χ1n) is 3.05. The number of nitrogens with zero attached hydrogens (tertiary/aromatic N) is 2. The van der Waals surface area contributed by atoms with E-state index in [9.17, 15) is 4.79 Å². The topological polar surface area (TPSA) is 54.9 Å². The van der Waals surface area contributed by atoms with Crippen LogP contribution in [0.4, 0.5) is 5.95 Å². The standard InChI is InChI=1S/C6H5Cl2N3O/c1-9-6-10-4(7)3(2-12)5(8)11-6/h2H,1H3,(H,9,10,11). The van der Waals surface area contributed by atoms with Crippen LogP contribution in [-0.4, -0.2) is 23.3 Å². The minimum absolute atomic E-state index is 0.0503. The third-order valence-electron chi connectivity index (χ3n) is 1.19. The first kappa shape index (κ1) is 9.22. The van der Waals surface area contributed by atoms with Crippen molar-refractivity contribution < 1.29 is 4.79 Å². The molecule has 0 fully saturated rings. The molecule has 0 saturated carbocycles. The number of nitrogens with one attached hydrogen (secondary N) is 1. The highest BCUT2D eigenvalue weighted by molar-refractivity contribution is 6.37. The number of rotatable bonds is 2. The maximum atomic E-state index is 10.4. The second-order valence-corrected chi connectivity index (χ2v) is 2.63. The third kappa shape index (κ3) is 1.65. The first-order chi connectivity index (χ1) is 5.69. The molecule has 64 valence electrons. The van der Waals surface area contributed by atoms with Gasteiger partial charge in [-0.3, -0.25) is 4.79 Å². The number of aldehydes is 1. The maximum Gasteiger partial charge on any atom is 0.225 e. The Morgan fingerprint density at radius 2 is 1.83 bits per heavy atom. The zero-order chi connectivity index (χ0) is 9.14. The minimum Gasteiger partial charge on any atom is -0.357 e. The largest absolute Gasteiger partial charge is 0.357 e. The van der Waals surface area contributed by atoms with Crippen molar-refractivity contribution >= 4 is 35.4 Å². The van der Waals surface area contributed by atoms with E-state index in [-0.39, 0.29) is 21.8 Å². The van der Waals surface area contributed by atoms with Crippen LogP contribution in [0.1, 0.15) is 10.4 Å². The van der Waals surface area contributed by atoms with Crippen LogP contribution in [0.3, 0.4) is 0 Å². The Morgan fingerprint density at radius 1 is 1.33 bits per heavy atom. The lowest BCUT2D eigenvalue weighted by atomic mass is 10.4. The van der Waals surface area contributed by atoms with Crippen LogP contribution < -0.4 is 5.32 Å². The number of halogens is 2. The zero-order valence-corrected chi connectivity index (χ0v) is 7.65. The van der Waals surface area contributed by atoms with E-state index in [1.54, 1.807) is 7.05 Å². The van der Waals surface area contributed by atoms with Gasteiger partial charge >= 0.3 is 0 Å². The van der Waals surface area contributed by atoms with E-state index >= 15 is 0 Å². The number of carbonyl (C=O) groups excluding carboxylic acids is 1. The third-order valence-corrected chi connectivity index (χ3v) is 1.77. The fraction of sp³-hybridized carbons (Fsp3) is 0.167. The van der Waals surface area contributed by atoms with Crippen molar-refractivity contribution in [3.8, 4) is 0 Å². The summed E-state index contributed by atoms with van der Waals surface area (Å²) in [7, 11) is 1.63. The van der Waals surface area contributed by atoms with Crippen molar-refractivity contribution in [2.75, 3.05) is 12.4 Å². The number of aromatic nitrogens is 2. The molecule has 0 bridgehead atoms. The van der Waals surface area contributed by atoms with Gasteiger partial charge in [0.05, 0.1) is 5.56 Å². The molecule has 1 aromatic rings. The van der Waals surface area contributed by atoms with Gasteiger partial charge in [0.1, 0.15) is 10.3 Å². The van der Waals surface area contributed by atoms with E-state index in [2.05, 4.69) is 15.3 Å². The molecule has 0 unspecified atom stereocenters. The molecule has 4 nitrogen and oxygen atoms in total. The minimum atomic E-state index is 0.0503. The number of carbonyl (C=O) groups is 1.